The highest BCUT2D eigenvalue weighted by Crippen LogP contribution is 2.60. The third-order valence-corrected chi connectivity index (χ3v) is 9.45. The van der Waals surface area contributed by atoms with Crippen LogP contribution >= 0.6 is 0 Å². The molecule has 4 bridgehead atoms. The molecule has 5 saturated carbocycles. The van der Waals surface area contributed by atoms with Crippen molar-refractivity contribution >= 4 is 17.7 Å². The maximum atomic E-state index is 13.5. The molecular formula is C25H31F3N4O3. The van der Waals surface area contributed by atoms with Crippen molar-refractivity contribution in [3.05, 3.63) is 23.9 Å². The first-order valence-corrected chi connectivity index (χ1v) is 12.7. The van der Waals surface area contributed by atoms with Crippen LogP contribution < -0.4 is 10.2 Å². The molecule has 0 radical (unpaired) electrons. The summed E-state index contributed by atoms with van der Waals surface area (Å²) in [6, 6.07) is 2.39. The van der Waals surface area contributed by atoms with E-state index in [1.165, 1.54) is 12.3 Å². The molecule has 1 aromatic rings. The molecule has 2 unspecified atom stereocenters. The second-order valence-corrected chi connectivity index (χ2v) is 11.4. The molecule has 6 fully saturated rings. The average molecular weight is 493 g/mol. The van der Waals surface area contributed by atoms with Crippen LogP contribution in [0.4, 0.5) is 19.0 Å². The number of rotatable bonds is 5. The second kappa shape index (κ2) is 7.82. The summed E-state index contributed by atoms with van der Waals surface area (Å²) in [4.78, 5) is 33.3. The van der Waals surface area contributed by atoms with Crippen molar-refractivity contribution in [3.63, 3.8) is 0 Å². The lowest BCUT2D eigenvalue weighted by molar-refractivity contribution is -0.168. The monoisotopic (exact) mass is 492 g/mol. The van der Waals surface area contributed by atoms with Crippen molar-refractivity contribution in [2.45, 2.75) is 62.7 Å². The third kappa shape index (κ3) is 3.70. The Hall–Kier alpha value is -2.36. The van der Waals surface area contributed by atoms with E-state index in [2.05, 4.69) is 15.2 Å². The van der Waals surface area contributed by atoms with Gasteiger partial charge in [0, 0.05) is 38.4 Å². The summed E-state index contributed by atoms with van der Waals surface area (Å²) in [6.45, 7) is 1.77. The fraction of sp³-hybridized carbons (Fsp3) is 0.720. The van der Waals surface area contributed by atoms with Gasteiger partial charge in [-0.25, -0.2) is 4.98 Å². The molecule has 0 aromatic carbocycles. The normalized spacial score (nSPS) is 35.7. The topological polar surface area (TPSA) is 85.8 Å². The lowest BCUT2D eigenvalue weighted by atomic mass is 9.48. The van der Waals surface area contributed by atoms with Crippen LogP contribution in [0.25, 0.3) is 0 Å². The van der Waals surface area contributed by atoms with Gasteiger partial charge in [-0.1, -0.05) is 0 Å². The van der Waals surface area contributed by atoms with Crippen LogP contribution in [0.1, 0.15) is 50.5 Å². The van der Waals surface area contributed by atoms with Gasteiger partial charge in [0.15, 0.2) is 0 Å². The molecule has 6 aliphatic rings. The Bertz CT molecular complexity index is 1020. The minimum Gasteiger partial charge on any atom is -0.481 e. The van der Waals surface area contributed by atoms with Gasteiger partial charge in [-0.3, -0.25) is 14.5 Å². The summed E-state index contributed by atoms with van der Waals surface area (Å²) in [5, 5.41) is 13.2. The molecule has 0 spiro atoms. The smallest absolute Gasteiger partial charge is 0.419 e. The number of nitrogens with zero attached hydrogens (tertiary/aromatic N) is 3. The quantitative estimate of drug-likeness (QED) is 0.657. The highest BCUT2D eigenvalue weighted by atomic mass is 19.4. The number of hydrogen-bond acceptors (Lipinski definition) is 5. The number of halogens is 3. The van der Waals surface area contributed by atoms with E-state index in [0.717, 1.165) is 38.2 Å². The van der Waals surface area contributed by atoms with Crippen LogP contribution in [0.2, 0.25) is 0 Å². The molecule has 1 aliphatic heterocycles. The Kier molecular flexibility index (Phi) is 5.15. The number of hydrogen-bond donors (Lipinski definition) is 2. The fourth-order valence-corrected chi connectivity index (χ4v) is 7.83. The number of pyridine rings is 1. The average Bonchev–Trinajstić information content (AvgIpc) is 3.63. The number of amides is 1. The minimum absolute atomic E-state index is 0.0154. The number of aliphatic carboxylic acids is 1. The summed E-state index contributed by atoms with van der Waals surface area (Å²) in [5.41, 5.74) is -1.91. The van der Waals surface area contributed by atoms with Crippen molar-refractivity contribution in [1.82, 2.24) is 15.2 Å². The zero-order valence-electron chi connectivity index (χ0n) is 19.6. The van der Waals surface area contributed by atoms with E-state index in [4.69, 9.17) is 0 Å². The van der Waals surface area contributed by atoms with Gasteiger partial charge in [0.2, 0.25) is 5.91 Å². The van der Waals surface area contributed by atoms with E-state index in [1.807, 2.05) is 0 Å². The molecule has 2 heterocycles. The highest BCUT2D eigenvalue weighted by Gasteiger charge is 2.61. The summed E-state index contributed by atoms with van der Waals surface area (Å²) >= 11 is 0. The molecule has 190 valence electrons. The van der Waals surface area contributed by atoms with Crippen molar-refractivity contribution < 1.29 is 27.9 Å². The predicted molar refractivity (Wildman–Crippen MR) is 121 cm³/mol. The number of piperazine rings is 1. The SMILES string of the molecule is O=C(O)C12CC3CC(C1)C(NC(=O)C1(N4CCN(c5ncccc5C(F)(F)F)CC4)CC1)C(C3)C2. The van der Waals surface area contributed by atoms with Gasteiger partial charge in [-0.05, 0) is 74.8 Å². The Morgan fingerprint density at radius 2 is 1.71 bits per heavy atom. The van der Waals surface area contributed by atoms with Gasteiger partial charge in [0.25, 0.3) is 0 Å². The Morgan fingerprint density at radius 1 is 1.06 bits per heavy atom. The van der Waals surface area contributed by atoms with Gasteiger partial charge >= 0.3 is 12.1 Å². The molecule has 35 heavy (non-hydrogen) atoms. The van der Waals surface area contributed by atoms with E-state index in [1.54, 1.807) is 4.90 Å². The van der Waals surface area contributed by atoms with Gasteiger partial charge in [0.05, 0.1) is 11.0 Å². The molecular weight excluding hydrogens is 461 g/mol. The standard InChI is InChI=1S/C25H31F3N4O3/c26-25(27,28)18-2-1-5-29-20(18)31-6-8-32(9-7-31)24(3-4-24)21(33)30-19-16-10-15-11-17(19)14-23(12-15,13-16)22(34)35/h1-2,5,15-17,19H,3-4,6-14H2,(H,30,33)(H,34,35). The summed E-state index contributed by atoms with van der Waals surface area (Å²) in [5.74, 6) is 0.182. The van der Waals surface area contributed by atoms with E-state index in [0.29, 0.717) is 44.9 Å². The molecule has 1 amide bonds. The van der Waals surface area contributed by atoms with Crippen LogP contribution in [0.3, 0.4) is 0 Å². The fourth-order valence-electron chi connectivity index (χ4n) is 7.83. The van der Waals surface area contributed by atoms with E-state index >= 15 is 0 Å². The van der Waals surface area contributed by atoms with Crippen LogP contribution in [-0.4, -0.2) is 64.6 Å². The predicted octanol–water partition coefficient (Wildman–Crippen LogP) is 3.15. The molecule has 10 heteroatoms. The number of nitrogens with one attached hydrogen (secondary N) is 1. The first-order chi connectivity index (χ1) is 16.6. The van der Waals surface area contributed by atoms with Gasteiger partial charge < -0.3 is 15.3 Å². The maximum Gasteiger partial charge on any atom is 0.419 e. The molecule has 2 N–H and O–H groups in total. The number of anilines is 1. The number of alkyl halides is 3. The summed E-state index contributed by atoms with van der Waals surface area (Å²) < 4.78 is 40.3. The largest absolute Gasteiger partial charge is 0.481 e. The maximum absolute atomic E-state index is 13.5. The molecule has 7 rings (SSSR count). The summed E-state index contributed by atoms with van der Waals surface area (Å²) in [7, 11) is 0. The van der Waals surface area contributed by atoms with Gasteiger partial charge in [-0.2, -0.15) is 13.2 Å². The lowest BCUT2D eigenvalue weighted by Crippen LogP contribution is -2.64. The molecule has 2 atom stereocenters. The summed E-state index contributed by atoms with van der Waals surface area (Å²) in [6.07, 6.45) is 2.48. The molecule has 7 nitrogen and oxygen atoms in total. The Balaban J connectivity index is 1.11. The van der Waals surface area contributed by atoms with Crippen molar-refractivity contribution in [3.8, 4) is 0 Å². The highest BCUT2D eigenvalue weighted by molar-refractivity contribution is 5.89. The molecule has 1 saturated heterocycles. The van der Waals surface area contributed by atoms with Crippen LogP contribution in [0, 0.1) is 23.2 Å². The number of carbonyl (C=O) groups excluding carboxylic acids is 1. The van der Waals surface area contributed by atoms with Gasteiger partial charge in [0.1, 0.15) is 11.4 Å². The lowest BCUT2D eigenvalue weighted by Gasteiger charge is -2.58. The second-order valence-electron chi connectivity index (χ2n) is 11.4. The number of carbonyl (C=O) groups is 2. The first kappa shape index (κ1) is 23.1. The minimum atomic E-state index is -4.46. The zero-order valence-corrected chi connectivity index (χ0v) is 19.6. The number of carboxylic acids is 1. The third-order valence-electron chi connectivity index (χ3n) is 9.45. The first-order valence-electron chi connectivity index (χ1n) is 12.7. The molecule has 5 aliphatic carbocycles. The Labute approximate surface area is 202 Å². The van der Waals surface area contributed by atoms with E-state index in [-0.39, 0.29) is 29.6 Å². The molecule has 1 aromatic heterocycles. The van der Waals surface area contributed by atoms with Crippen molar-refractivity contribution in [1.29, 1.82) is 0 Å². The number of carboxylic acid groups (broad SMARTS) is 1. The van der Waals surface area contributed by atoms with E-state index < -0.39 is 28.7 Å². The van der Waals surface area contributed by atoms with E-state index in [9.17, 15) is 27.9 Å². The van der Waals surface area contributed by atoms with Crippen LogP contribution in [0.15, 0.2) is 18.3 Å². The van der Waals surface area contributed by atoms with Crippen molar-refractivity contribution in [2.75, 3.05) is 31.1 Å². The Morgan fingerprint density at radius 3 is 2.29 bits per heavy atom. The van der Waals surface area contributed by atoms with Crippen molar-refractivity contribution in [2.24, 2.45) is 23.2 Å². The zero-order chi connectivity index (χ0) is 24.6. The van der Waals surface area contributed by atoms with Gasteiger partial charge in [-0.15, -0.1) is 0 Å². The van der Waals surface area contributed by atoms with Crippen LogP contribution in [-0.2, 0) is 15.8 Å². The van der Waals surface area contributed by atoms with Crippen LogP contribution in [0.5, 0.6) is 0 Å². The number of aromatic nitrogens is 1.